The summed E-state index contributed by atoms with van der Waals surface area (Å²) in [5.41, 5.74) is 2.04. The Morgan fingerprint density at radius 1 is 1.75 bits per heavy atom. The van der Waals surface area contributed by atoms with Crippen LogP contribution in [-0.2, 0) is 6.61 Å². The summed E-state index contributed by atoms with van der Waals surface area (Å²) < 4.78 is 0. The number of aliphatic hydroxyl groups is 1. The minimum Gasteiger partial charge on any atom is -0.390 e. The molecule has 0 aliphatic rings. The van der Waals surface area contributed by atoms with Crippen LogP contribution in [0.25, 0.3) is 0 Å². The van der Waals surface area contributed by atoms with Gasteiger partial charge >= 0.3 is 0 Å². The SMILES string of the molecule is Cc1c[nH]c(CO)c1. The Hall–Kier alpha value is -0.760. The van der Waals surface area contributed by atoms with Crippen LogP contribution < -0.4 is 0 Å². The van der Waals surface area contributed by atoms with Crippen molar-refractivity contribution in [1.82, 2.24) is 4.98 Å². The molecule has 1 aromatic rings. The highest BCUT2D eigenvalue weighted by atomic mass is 16.3. The molecule has 0 aromatic carbocycles. The van der Waals surface area contributed by atoms with Crippen LogP contribution in [0.2, 0.25) is 0 Å². The van der Waals surface area contributed by atoms with Crippen LogP contribution in [0, 0.1) is 6.92 Å². The molecule has 0 saturated heterocycles. The maximum Gasteiger partial charge on any atom is 0.0830 e. The molecule has 0 bridgehead atoms. The van der Waals surface area contributed by atoms with Crippen molar-refractivity contribution in [2.75, 3.05) is 0 Å². The van der Waals surface area contributed by atoms with E-state index in [1.165, 1.54) is 0 Å². The van der Waals surface area contributed by atoms with Gasteiger partial charge in [-0.15, -0.1) is 0 Å². The molecule has 2 heteroatoms. The first-order valence-electron chi connectivity index (χ1n) is 2.57. The molecule has 1 rings (SSSR count). The van der Waals surface area contributed by atoms with Gasteiger partial charge in [-0.05, 0) is 18.6 Å². The Balaban J connectivity index is 2.84. The summed E-state index contributed by atoms with van der Waals surface area (Å²) in [4.78, 5) is 2.91. The van der Waals surface area contributed by atoms with Crippen molar-refractivity contribution in [3.8, 4) is 0 Å². The van der Waals surface area contributed by atoms with Gasteiger partial charge in [0.25, 0.3) is 0 Å². The van der Waals surface area contributed by atoms with Crippen molar-refractivity contribution in [2.45, 2.75) is 13.5 Å². The first-order valence-corrected chi connectivity index (χ1v) is 2.57. The Morgan fingerprint density at radius 3 is 2.75 bits per heavy atom. The van der Waals surface area contributed by atoms with Gasteiger partial charge in [0.15, 0.2) is 0 Å². The van der Waals surface area contributed by atoms with Gasteiger partial charge < -0.3 is 10.1 Å². The van der Waals surface area contributed by atoms with E-state index < -0.39 is 0 Å². The van der Waals surface area contributed by atoms with E-state index in [0.717, 1.165) is 11.3 Å². The second kappa shape index (κ2) is 2.01. The van der Waals surface area contributed by atoms with E-state index in [-0.39, 0.29) is 6.61 Å². The number of aromatic nitrogens is 1. The number of hydrogen-bond acceptors (Lipinski definition) is 1. The average molecular weight is 111 g/mol. The average Bonchev–Trinajstić information content (AvgIpc) is 2.14. The number of aliphatic hydroxyl groups excluding tert-OH is 1. The topological polar surface area (TPSA) is 36.0 Å². The molecule has 0 saturated carbocycles. The van der Waals surface area contributed by atoms with Crippen molar-refractivity contribution in [2.24, 2.45) is 0 Å². The highest BCUT2D eigenvalue weighted by molar-refractivity contribution is 5.13. The quantitative estimate of drug-likeness (QED) is 0.553. The summed E-state index contributed by atoms with van der Waals surface area (Å²) in [6, 6.07) is 1.92. The molecular weight excluding hydrogens is 102 g/mol. The Bertz CT molecular complexity index is 169. The molecule has 1 heterocycles. The van der Waals surface area contributed by atoms with Gasteiger partial charge in [0, 0.05) is 11.9 Å². The number of hydrogen-bond donors (Lipinski definition) is 2. The van der Waals surface area contributed by atoms with Crippen LogP contribution in [0.4, 0.5) is 0 Å². The molecule has 0 aliphatic carbocycles. The third-order valence-corrected chi connectivity index (χ3v) is 1.06. The third-order valence-electron chi connectivity index (χ3n) is 1.06. The zero-order valence-electron chi connectivity index (χ0n) is 4.81. The molecule has 44 valence electrons. The van der Waals surface area contributed by atoms with Crippen LogP contribution >= 0.6 is 0 Å². The number of aromatic amines is 1. The second-order valence-corrected chi connectivity index (χ2v) is 1.86. The Morgan fingerprint density at radius 2 is 2.50 bits per heavy atom. The van der Waals surface area contributed by atoms with E-state index in [1.807, 2.05) is 19.2 Å². The molecule has 8 heavy (non-hydrogen) atoms. The fourth-order valence-electron chi connectivity index (χ4n) is 0.656. The highest BCUT2D eigenvalue weighted by Gasteiger charge is 1.89. The predicted octanol–water partition coefficient (Wildman–Crippen LogP) is 0.815. The summed E-state index contributed by atoms with van der Waals surface area (Å²) in [5.74, 6) is 0. The van der Waals surface area contributed by atoms with Gasteiger partial charge in [-0.25, -0.2) is 0 Å². The monoisotopic (exact) mass is 111 g/mol. The minimum atomic E-state index is 0.105. The van der Waals surface area contributed by atoms with Gasteiger partial charge in [0.1, 0.15) is 0 Å². The van der Waals surface area contributed by atoms with Crippen molar-refractivity contribution in [1.29, 1.82) is 0 Å². The van der Waals surface area contributed by atoms with E-state index in [0.29, 0.717) is 0 Å². The van der Waals surface area contributed by atoms with Crippen molar-refractivity contribution < 1.29 is 5.11 Å². The number of nitrogens with one attached hydrogen (secondary N) is 1. The number of aryl methyl sites for hydroxylation is 1. The van der Waals surface area contributed by atoms with Gasteiger partial charge in [0.05, 0.1) is 6.61 Å². The number of rotatable bonds is 1. The molecule has 1 aromatic heterocycles. The largest absolute Gasteiger partial charge is 0.390 e. The van der Waals surface area contributed by atoms with Gasteiger partial charge in [-0.3, -0.25) is 0 Å². The maximum atomic E-state index is 8.52. The summed E-state index contributed by atoms with van der Waals surface area (Å²) in [6.45, 7) is 2.09. The first kappa shape index (κ1) is 5.38. The molecule has 2 N–H and O–H groups in total. The van der Waals surface area contributed by atoms with Crippen LogP contribution in [0.1, 0.15) is 11.3 Å². The smallest absolute Gasteiger partial charge is 0.0830 e. The molecule has 0 spiro atoms. The first-order chi connectivity index (χ1) is 3.83. The minimum absolute atomic E-state index is 0.105. The molecule has 0 aliphatic heterocycles. The van der Waals surface area contributed by atoms with Crippen LogP contribution in [0.5, 0.6) is 0 Å². The maximum absolute atomic E-state index is 8.52. The fraction of sp³-hybridized carbons (Fsp3) is 0.333. The summed E-state index contributed by atoms with van der Waals surface area (Å²) in [5, 5.41) is 8.52. The van der Waals surface area contributed by atoms with Crippen LogP contribution in [0.15, 0.2) is 12.3 Å². The summed E-state index contributed by atoms with van der Waals surface area (Å²) >= 11 is 0. The molecule has 0 fully saturated rings. The molecule has 0 radical (unpaired) electrons. The normalized spacial score (nSPS) is 9.75. The van der Waals surface area contributed by atoms with E-state index in [2.05, 4.69) is 4.98 Å². The lowest BCUT2D eigenvalue weighted by molar-refractivity contribution is 0.277. The zero-order valence-corrected chi connectivity index (χ0v) is 4.81. The second-order valence-electron chi connectivity index (χ2n) is 1.86. The molecule has 2 nitrogen and oxygen atoms in total. The third kappa shape index (κ3) is 0.898. The predicted molar refractivity (Wildman–Crippen MR) is 31.5 cm³/mol. The summed E-state index contributed by atoms with van der Waals surface area (Å²) in [6.07, 6.45) is 1.87. The lowest BCUT2D eigenvalue weighted by Crippen LogP contribution is -1.77. The van der Waals surface area contributed by atoms with Gasteiger partial charge in [-0.2, -0.15) is 0 Å². The fourth-order valence-corrected chi connectivity index (χ4v) is 0.656. The van der Waals surface area contributed by atoms with Crippen LogP contribution in [-0.4, -0.2) is 10.1 Å². The highest BCUT2D eigenvalue weighted by Crippen LogP contribution is 1.99. The Kier molecular flexibility index (Phi) is 1.35. The molecule has 0 atom stereocenters. The Labute approximate surface area is 48.2 Å². The van der Waals surface area contributed by atoms with Gasteiger partial charge in [0.2, 0.25) is 0 Å². The van der Waals surface area contributed by atoms with Crippen LogP contribution in [0.3, 0.4) is 0 Å². The van der Waals surface area contributed by atoms with Crippen molar-refractivity contribution >= 4 is 0 Å². The zero-order chi connectivity index (χ0) is 5.98. The lowest BCUT2D eigenvalue weighted by Gasteiger charge is -1.81. The molecule has 0 amide bonds. The van der Waals surface area contributed by atoms with E-state index in [4.69, 9.17) is 5.11 Å². The van der Waals surface area contributed by atoms with E-state index >= 15 is 0 Å². The van der Waals surface area contributed by atoms with E-state index in [1.54, 1.807) is 0 Å². The molecule has 0 unspecified atom stereocenters. The van der Waals surface area contributed by atoms with E-state index in [9.17, 15) is 0 Å². The van der Waals surface area contributed by atoms with Gasteiger partial charge in [-0.1, -0.05) is 0 Å². The number of H-pyrrole nitrogens is 1. The van der Waals surface area contributed by atoms with Crippen molar-refractivity contribution in [3.63, 3.8) is 0 Å². The lowest BCUT2D eigenvalue weighted by atomic mass is 10.3. The standard InChI is InChI=1S/C6H9NO/c1-5-2-6(4-8)7-3-5/h2-3,7-8H,4H2,1H3. The summed E-state index contributed by atoms with van der Waals surface area (Å²) in [7, 11) is 0. The van der Waals surface area contributed by atoms with Crippen molar-refractivity contribution in [3.05, 3.63) is 23.5 Å². The molecular formula is C6H9NO.